The van der Waals surface area contributed by atoms with Crippen LogP contribution in [0, 0.1) is 0 Å². The van der Waals surface area contributed by atoms with E-state index in [1.807, 2.05) is 13.8 Å². The quantitative estimate of drug-likeness (QED) is 0.672. The van der Waals surface area contributed by atoms with E-state index in [1.165, 1.54) is 19.3 Å². The van der Waals surface area contributed by atoms with Gasteiger partial charge in [0.1, 0.15) is 0 Å². The number of allylic oxidation sites excluding steroid dienone is 4. The largest absolute Gasteiger partial charge is 0.313 e. The van der Waals surface area contributed by atoms with Gasteiger partial charge in [0.15, 0.2) is 0 Å². The minimum Gasteiger partial charge on any atom is -0.313 e. The minimum atomic E-state index is 0. The monoisotopic (exact) mass is 193 g/mol. The van der Waals surface area contributed by atoms with Gasteiger partial charge >= 0.3 is 0 Å². The number of hydrogen-bond donors (Lipinski definition) is 1. The van der Waals surface area contributed by atoms with E-state index < -0.39 is 0 Å². The van der Waals surface area contributed by atoms with Gasteiger partial charge in [0.2, 0.25) is 0 Å². The van der Waals surface area contributed by atoms with Crippen LogP contribution in [0.1, 0.15) is 34.5 Å². The van der Waals surface area contributed by atoms with E-state index >= 15 is 0 Å². The van der Waals surface area contributed by atoms with Crippen LogP contribution in [-0.4, -0.2) is 13.1 Å². The molecule has 1 nitrogen and oxygen atoms in total. The third-order valence-electron chi connectivity index (χ3n) is 2.49. The normalized spacial score (nSPS) is 20.4. The van der Waals surface area contributed by atoms with E-state index in [-0.39, 0.29) is 1.43 Å². The third kappa shape index (κ3) is 3.15. The Bertz CT molecular complexity index is 251. The fourth-order valence-corrected chi connectivity index (χ4v) is 1.78. The van der Waals surface area contributed by atoms with Gasteiger partial charge in [-0.15, -0.1) is 0 Å². The molecular formula is C13H23N. The van der Waals surface area contributed by atoms with Crippen molar-refractivity contribution in [1.29, 1.82) is 0 Å². The van der Waals surface area contributed by atoms with Crippen molar-refractivity contribution in [3.05, 3.63) is 35.5 Å². The summed E-state index contributed by atoms with van der Waals surface area (Å²) in [5, 5.41) is 3.33. The van der Waals surface area contributed by atoms with Crippen molar-refractivity contribution in [3.8, 4) is 0 Å². The molecule has 0 aromatic rings. The van der Waals surface area contributed by atoms with E-state index in [4.69, 9.17) is 0 Å². The van der Waals surface area contributed by atoms with Crippen molar-refractivity contribution in [2.45, 2.75) is 33.1 Å². The zero-order chi connectivity index (χ0) is 10.2. The zero-order valence-electron chi connectivity index (χ0n) is 9.34. The Hall–Kier alpha value is -0.820. The van der Waals surface area contributed by atoms with Crippen LogP contribution in [0.3, 0.4) is 0 Å². The molecule has 2 aliphatic rings. The predicted molar refractivity (Wildman–Crippen MR) is 65.5 cm³/mol. The molecule has 0 aromatic carbocycles. The van der Waals surface area contributed by atoms with Crippen molar-refractivity contribution < 1.29 is 1.43 Å². The molecule has 1 aliphatic heterocycles. The molecule has 0 amide bonds. The highest BCUT2D eigenvalue weighted by atomic mass is 14.8. The molecule has 1 heterocycles. The summed E-state index contributed by atoms with van der Waals surface area (Å²) in [5.74, 6) is 0. The summed E-state index contributed by atoms with van der Waals surface area (Å²) in [4.78, 5) is 0. The Kier molecular flexibility index (Phi) is 5.31. The van der Waals surface area contributed by atoms with Gasteiger partial charge < -0.3 is 5.32 Å². The lowest BCUT2D eigenvalue weighted by molar-refractivity contribution is 0.701. The molecule has 1 heteroatoms. The first-order valence-corrected chi connectivity index (χ1v) is 5.72. The van der Waals surface area contributed by atoms with Crippen LogP contribution in [0.4, 0.5) is 0 Å². The highest BCUT2D eigenvalue weighted by molar-refractivity contribution is 5.37. The van der Waals surface area contributed by atoms with Crippen molar-refractivity contribution >= 4 is 0 Å². The maximum Gasteiger partial charge on any atom is 0.0140 e. The maximum atomic E-state index is 3.33. The van der Waals surface area contributed by atoms with Gasteiger partial charge in [0.25, 0.3) is 0 Å². The lowest BCUT2D eigenvalue weighted by Crippen LogP contribution is -2.21. The Morgan fingerprint density at radius 3 is 2.64 bits per heavy atom. The molecule has 0 fully saturated rings. The summed E-state index contributed by atoms with van der Waals surface area (Å²) >= 11 is 0. The molecule has 80 valence electrons. The molecular weight excluding hydrogens is 170 g/mol. The first-order chi connectivity index (χ1) is 6.97. The molecule has 14 heavy (non-hydrogen) atoms. The SMILES string of the molecule is C1=CCCC(C2=CCNCC2)=C1.CC.[HH]. The van der Waals surface area contributed by atoms with E-state index in [0.717, 1.165) is 13.1 Å². The van der Waals surface area contributed by atoms with Gasteiger partial charge in [0.05, 0.1) is 0 Å². The zero-order valence-corrected chi connectivity index (χ0v) is 9.34. The molecule has 2 rings (SSSR count). The smallest absolute Gasteiger partial charge is 0.0140 e. The summed E-state index contributed by atoms with van der Waals surface area (Å²) in [7, 11) is 0. The minimum absolute atomic E-state index is 0. The number of hydrogen-bond acceptors (Lipinski definition) is 1. The lowest BCUT2D eigenvalue weighted by atomic mass is 9.93. The fraction of sp³-hybridized carbons (Fsp3) is 0.538. The summed E-state index contributed by atoms with van der Waals surface area (Å²) in [6.07, 6.45) is 12.7. The van der Waals surface area contributed by atoms with E-state index in [9.17, 15) is 0 Å². The standard InChI is InChI=1S/C11H15N.C2H6.H2/c1-2-4-10(5-3-1)11-6-8-12-9-7-11;1-2;/h1-2,4,6,12H,3,5,7-9H2;1-2H3;1H. The number of rotatable bonds is 1. The molecule has 0 atom stereocenters. The molecule has 0 radical (unpaired) electrons. The second kappa shape index (κ2) is 6.61. The van der Waals surface area contributed by atoms with Crippen LogP contribution in [0.2, 0.25) is 0 Å². The van der Waals surface area contributed by atoms with Crippen molar-refractivity contribution in [1.82, 2.24) is 5.32 Å². The molecule has 0 saturated carbocycles. The maximum absolute atomic E-state index is 3.33. The highest BCUT2D eigenvalue weighted by Crippen LogP contribution is 2.23. The second-order valence-corrected chi connectivity index (χ2v) is 3.34. The van der Waals surface area contributed by atoms with Crippen LogP contribution >= 0.6 is 0 Å². The molecule has 0 unspecified atom stereocenters. The first kappa shape index (κ1) is 11.3. The predicted octanol–water partition coefficient (Wildman–Crippen LogP) is 3.45. The lowest BCUT2D eigenvalue weighted by Gasteiger charge is -2.17. The van der Waals surface area contributed by atoms with E-state index in [0.29, 0.717) is 0 Å². The summed E-state index contributed by atoms with van der Waals surface area (Å²) in [6, 6.07) is 0. The Balaban J connectivity index is 0.000000617. The van der Waals surface area contributed by atoms with Crippen molar-refractivity contribution in [3.63, 3.8) is 0 Å². The van der Waals surface area contributed by atoms with Crippen LogP contribution in [0.25, 0.3) is 0 Å². The average molecular weight is 193 g/mol. The van der Waals surface area contributed by atoms with Gasteiger partial charge in [-0.05, 0) is 37.0 Å². The molecule has 1 aliphatic carbocycles. The second-order valence-electron chi connectivity index (χ2n) is 3.34. The fourth-order valence-electron chi connectivity index (χ4n) is 1.78. The van der Waals surface area contributed by atoms with Crippen LogP contribution in [-0.2, 0) is 0 Å². The van der Waals surface area contributed by atoms with E-state index in [2.05, 4.69) is 29.6 Å². The van der Waals surface area contributed by atoms with Crippen LogP contribution in [0.15, 0.2) is 35.5 Å². The molecule has 0 bridgehead atoms. The Morgan fingerprint density at radius 1 is 1.21 bits per heavy atom. The van der Waals surface area contributed by atoms with Crippen molar-refractivity contribution in [2.75, 3.05) is 13.1 Å². The van der Waals surface area contributed by atoms with Gasteiger partial charge in [-0.2, -0.15) is 0 Å². The van der Waals surface area contributed by atoms with Gasteiger partial charge in [-0.1, -0.05) is 38.2 Å². The average Bonchev–Trinajstić information content (AvgIpc) is 2.34. The van der Waals surface area contributed by atoms with Crippen molar-refractivity contribution in [2.24, 2.45) is 0 Å². The Morgan fingerprint density at radius 2 is 2.07 bits per heavy atom. The topological polar surface area (TPSA) is 12.0 Å². The molecule has 0 spiro atoms. The van der Waals surface area contributed by atoms with Crippen LogP contribution < -0.4 is 5.32 Å². The summed E-state index contributed by atoms with van der Waals surface area (Å²) < 4.78 is 0. The number of nitrogens with one attached hydrogen (secondary N) is 1. The Labute approximate surface area is 89.1 Å². The van der Waals surface area contributed by atoms with Gasteiger partial charge in [-0.25, -0.2) is 0 Å². The van der Waals surface area contributed by atoms with Gasteiger partial charge in [0, 0.05) is 7.97 Å². The summed E-state index contributed by atoms with van der Waals surface area (Å²) in [5.41, 5.74) is 3.12. The molecule has 1 N–H and O–H groups in total. The summed E-state index contributed by atoms with van der Waals surface area (Å²) in [6.45, 7) is 6.20. The first-order valence-electron chi connectivity index (χ1n) is 5.72. The highest BCUT2D eigenvalue weighted by Gasteiger charge is 2.08. The molecule has 0 saturated heterocycles. The van der Waals surface area contributed by atoms with E-state index in [1.54, 1.807) is 11.1 Å². The van der Waals surface area contributed by atoms with Crippen LogP contribution in [0.5, 0.6) is 0 Å². The van der Waals surface area contributed by atoms with Gasteiger partial charge in [-0.3, -0.25) is 0 Å². The molecule has 0 aromatic heterocycles. The third-order valence-corrected chi connectivity index (χ3v) is 2.49.